The second-order valence-corrected chi connectivity index (χ2v) is 5.43. The molecule has 0 spiro atoms. The molecule has 0 saturated carbocycles. The van der Waals surface area contributed by atoms with Crippen molar-refractivity contribution in [2.45, 2.75) is 13.8 Å². The summed E-state index contributed by atoms with van der Waals surface area (Å²) in [6.45, 7) is 4.17. The number of aromatic amines is 1. The van der Waals surface area contributed by atoms with Crippen LogP contribution in [0.1, 0.15) is 11.1 Å². The van der Waals surface area contributed by atoms with Crippen LogP contribution in [-0.4, -0.2) is 9.55 Å². The lowest BCUT2D eigenvalue weighted by molar-refractivity contribution is 1.03. The van der Waals surface area contributed by atoms with Crippen LogP contribution >= 0.6 is 12.2 Å². The second-order valence-electron chi connectivity index (χ2n) is 5.04. The largest absolute Gasteiger partial charge is 0.330 e. The maximum atomic E-state index is 5.42. The average molecular weight is 280 g/mol. The number of nitrogens with one attached hydrogen (secondary N) is 1. The Morgan fingerprint density at radius 3 is 2.00 bits per heavy atom. The number of nitrogens with zero attached hydrogens (tertiary/aromatic N) is 1. The molecule has 0 aliphatic rings. The summed E-state index contributed by atoms with van der Waals surface area (Å²) in [5.41, 5.74) is 5.76. The van der Waals surface area contributed by atoms with E-state index in [4.69, 9.17) is 12.2 Å². The van der Waals surface area contributed by atoms with Crippen LogP contribution in [0.25, 0.3) is 16.9 Å². The lowest BCUT2D eigenvalue weighted by Crippen LogP contribution is -1.91. The molecule has 3 heteroatoms. The minimum Gasteiger partial charge on any atom is -0.330 e. The van der Waals surface area contributed by atoms with E-state index >= 15 is 0 Å². The smallest absolute Gasteiger partial charge is 0.182 e. The Hall–Kier alpha value is -2.13. The molecule has 0 fully saturated rings. The van der Waals surface area contributed by atoms with Gasteiger partial charge in [0, 0.05) is 11.9 Å². The van der Waals surface area contributed by atoms with Crippen molar-refractivity contribution in [3.63, 3.8) is 0 Å². The summed E-state index contributed by atoms with van der Waals surface area (Å²) in [4.78, 5) is 3.27. The first-order valence-corrected chi connectivity index (χ1v) is 7.00. The van der Waals surface area contributed by atoms with Crippen molar-refractivity contribution in [3.05, 3.63) is 70.6 Å². The van der Waals surface area contributed by atoms with E-state index in [0.717, 1.165) is 16.9 Å². The van der Waals surface area contributed by atoms with Crippen LogP contribution in [0.3, 0.4) is 0 Å². The second kappa shape index (κ2) is 5.10. The number of benzene rings is 2. The minimum absolute atomic E-state index is 0.712. The highest BCUT2D eigenvalue weighted by molar-refractivity contribution is 7.71. The molecular formula is C17H16N2S. The van der Waals surface area contributed by atoms with E-state index in [0.29, 0.717) is 4.77 Å². The molecule has 0 saturated heterocycles. The van der Waals surface area contributed by atoms with Gasteiger partial charge < -0.3 is 4.98 Å². The molecule has 1 heterocycles. The number of hydrogen-bond donors (Lipinski definition) is 1. The summed E-state index contributed by atoms with van der Waals surface area (Å²) in [5, 5.41) is 0. The molecule has 0 aliphatic heterocycles. The average Bonchev–Trinajstić information content (AvgIpc) is 2.82. The highest BCUT2D eigenvalue weighted by atomic mass is 32.1. The third-order valence-electron chi connectivity index (χ3n) is 3.39. The Morgan fingerprint density at radius 1 is 0.850 bits per heavy atom. The lowest BCUT2D eigenvalue weighted by atomic mass is 10.1. The molecule has 2 nitrogen and oxygen atoms in total. The van der Waals surface area contributed by atoms with Gasteiger partial charge in [0.1, 0.15) is 0 Å². The molecule has 0 aliphatic carbocycles. The summed E-state index contributed by atoms with van der Waals surface area (Å²) < 4.78 is 2.72. The fraction of sp³-hybridized carbons (Fsp3) is 0.118. The van der Waals surface area contributed by atoms with E-state index in [1.165, 1.54) is 11.1 Å². The molecule has 2 aromatic carbocycles. The summed E-state index contributed by atoms with van der Waals surface area (Å²) in [7, 11) is 0. The molecular weight excluding hydrogens is 264 g/mol. The molecule has 0 amide bonds. The van der Waals surface area contributed by atoms with Gasteiger partial charge in [-0.1, -0.05) is 47.5 Å². The van der Waals surface area contributed by atoms with E-state index < -0.39 is 0 Å². The van der Waals surface area contributed by atoms with Gasteiger partial charge in [-0.05, 0) is 43.8 Å². The monoisotopic (exact) mass is 280 g/mol. The zero-order valence-electron chi connectivity index (χ0n) is 11.6. The van der Waals surface area contributed by atoms with Gasteiger partial charge >= 0.3 is 0 Å². The quantitative estimate of drug-likeness (QED) is 0.667. The van der Waals surface area contributed by atoms with Gasteiger partial charge in [0.15, 0.2) is 4.77 Å². The first-order chi connectivity index (χ1) is 9.63. The van der Waals surface area contributed by atoms with E-state index in [-0.39, 0.29) is 0 Å². The van der Waals surface area contributed by atoms with Crippen LogP contribution in [-0.2, 0) is 0 Å². The number of aryl methyl sites for hydroxylation is 2. The Kier molecular flexibility index (Phi) is 3.28. The molecule has 3 rings (SSSR count). The summed E-state index contributed by atoms with van der Waals surface area (Å²) in [6.07, 6.45) is 2.05. The zero-order valence-corrected chi connectivity index (χ0v) is 12.4. The van der Waals surface area contributed by atoms with E-state index in [1.807, 2.05) is 4.57 Å². The van der Waals surface area contributed by atoms with Gasteiger partial charge in [0.25, 0.3) is 0 Å². The molecule has 0 atom stereocenters. The first kappa shape index (κ1) is 12.9. The van der Waals surface area contributed by atoms with Crippen LogP contribution in [0.2, 0.25) is 0 Å². The summed E-state index contributed by atoms with van der Waals surface area (Å²) >= 11 is 5.42. The Morgan fingerprint density at radius 2 is 1.40 bits per heavy atom. The molecule has 1 aromatic heterocycles. The molecule has 3 aromatic rings. The normalized spacial score (nSPS) is 10.7. The molecule has 0 bridgehead atoms. The Bertz CT molecular complexity index is 777. The Labute approximate surface area is 123 Å². The van der Waals surface area contributed by atoms with Crippen molar-refractivity contribution in [3.8, 4) is 16.9 Å². The third kappa shape index (κ3) is 2.45. The summed E-state index contributed by atoms with van der Waals surface area (Å²) in [6, 6.07) is 16.8. The van der Waals surface area contributed by atoms with Gasteiger partial charge in [-0.3, -0.25) is 4.57 Å². The van der Waals surface area contributed by atoms with Crippen LogP contribution in [0, 0.1) is 18.6 Å². The van der Waals surface area contributed by atoms with Crippen molar-refractivity contribution >= 4 is 12.2 Å². The standard InChI is InChI=1S/C17H16N2S/c1-12-3-7-14(8-4-12)16-11-19(17(20)18-16)15-9-5-13(2)6-10-15/h3-11H,1-2H3,(H,18,20). The van der Waals surface area contributed by atoms with Gasteiger partial charge in [-0.15, -0.1) is 0 Å². The van der Waals surface area contributed by atoms with Crippen molar-refractivity contribution in [2.75, 3.05) is 0 Å². The molecule has 0 radical (unpaired) electrons. The summed E-state index contributed by atoms with van der Waals surface area (Å²) in [5.74, 6) is 0. The first-order valence-electron chi connectivity index (χ1n) is 6.59. The van der Waals surface area contributed by atoms with E-state index in [9.17, 15) is 0 Å². The van der Waals surface area contributed by atoms with E-state index in [2.05, 4.69) is 73.6 Å². The molecule has 100 valence electrons. The number of aromatic nitrogens is 2. The topological polar surface area (TPSA) is 20.7 Å². The van der Waals surface area contributed by atoms with Crippen molar-refractivity contribution in [1.82, 2.24) is 9.55 Å². The van der Waals surface area contributed by atoms with Crippen molar-refractivity contribution < 1.29 is 0 Å². The van der Waals surface area contributed by atoms with E-state index in [1.54, 1.807) is 0 Å². The zero-order chi connectivity index (χ0) is 14.1. The minimum atomic E-state index is 0.712. The van der Waals surface area contributed by atoms with Crippen LogP contribution in [0.5, 0.6) is 0 Å². The highest BCUT2D eigenvalue weighted by Gasteiger charge is 2.04. The van der Waals surface area contributed by atoms with Crippen LogP contribution in [0.15, 0.2) is 54.7 Å². The highest BCUT2D eigenvalue weighted by Crippen LogP contribution is 2.20. The molecule has 0 unspecified atom stereocenters. The van der Waals surface area contributed by atoms with Gasteiger partial charge in [0.05, 0.1) is 5.69 Å². The van der Waals surface area contributed by atoms with Crippen molar-refractivity contribution in [2.24, 2.45) is 0 Å². The fourth-order valence-corrected chi connectivity index (χ4v) is 2.44. The third-order valence-corrected chi connectivity index (χ3v) is 3.69. The number of hydrogen-bond acceptors (Lipinski definition) is 1. The lowest BCUT2D eigenvalue weighted by Gasteiger charge is -2.02. The predicted molar refractivity (Wildman–Crippen MR) is 85.9 cm³/mol. The van der Waals surface area contributed by atoms with Crippen LogP contribution in [0.4, 0.5) is 0 Å². The number of H-pyrrole nitrogens is 1. The maximum Gasteiger partial charge on any atom is 0.182 e. The molecule has 20 heavy (non-hydrogen) atoms. The predicted octanol–water partition coefficient (Wildman–Crippen LogP) is 4.82. The van der Waals surface area contributed by atoms with Gasteiger partial charge in [-0.25, -0.2) is 0 Å². The Balaban J connectivity index is 2.05. The van der Waals surface area contributed by atoms with Crippen molar-refractivity contribution in [1.29, 1.82) is 0 Å². The maximum absolute atomic E-state index is 5.42. The number of rotatable bonds is 2. The van der Waals surface area contributed by atoms with Crippen LogP contribution < -0.4 is 0 Å². The fourth-order valence-electron chi connectivity index (χ4n) is 2.17. The van der Waals surface area contributed by atoms with Gasteiger partial charge in [-0.2, -0.15) is 0 Å². The molecule has 1 N–H and O–H groups in total. The van der Waals surface area contributed by atoms with Gasteiger partial charge in [0.2, 0.25) is 0 Å². The SMILES string of the molecule is Cc1ccc(-c2cn(-c3ccc(C)cc3)c(=S)[nH]2)cc1. The number of imidazole rings is 1.